The van der Waals surface area contributed by atoms with Crippen molar-refractivity contribution in [2.75, 3.05) is 5.75 Å². The molecule has 0 bridgehead atoms. The van der Waals surface area contributed by atoms with Gasteiger partial charge in [-0.05, 0) is 39.2 Å². The van der Waals surface area contributed by atoms with Gasteiger partial charge in [0.1, 0.15) is 0 Å². The highest BCUT2D eigenvalue weighted by Crippen LogP contribution is 2.27. The lowest BCUT2D eigenvalue weighted by Crippen LogP contribution is -2.19. The number of amides is 1. The number of hydrogen-bond donors (Lipinski definition) is 1. The van der Waals surface area contributed by atoms with Crippen LogP contribution in [0, 0.1) is 0 Å². The number of fused-ring (bicyclic) bond motifs is 2. The van der Waals surface area contributed by atoms with E-state index in [1.54, 1.807) is 6.21 Å². The molecule has 4 aromatic rings. The van der Waals surface area contributed by atoms with Gasteiger partial charge in [-0.1, -0.05) is 78.3 Å². The molecule has 0 unspecified atom stereocenters. The molecule has 4 aromatic carbocycles. The summed E-state index contributed by atoms with van der Waals surface area (Å²) in [6.07, 6.45) is 1.74. The lowest BCUT2D eigenvalue weighted by Gasteiger charge is -2.08. The molecule has 0 heterocycles. The van der Waals surface area contributed by atoms with Crippen LogP contribution in [0.15, 0.2) is 84.0 Å². The minimum Gasteiger partial charge on any atom is -0.272 e. The molecule has 0 atom stereocenters. The van der Waals surface area contributed by atoms with Gasteiger partial charge in [-0.3, -0.25) is 4.79 Å². The first-order valence-electron chi connectivity index (χ1n) is 9.26. The van der Waals surface area contributed by atoms with Crippen LogP contribution in [0.4, 0.5) is 0 Å². The standard InChI is InChI=1S/C24H19ClN2OS/c25-23-12-6-3-9-19(23)15-29-16-24(28)27-26-14-22-20-10-4-1-7-17(20)13-18-8-2-5-11-21(18)22/h1-14H,15-16H2,(H,27,28)/b26-14-. The van der Waals surface area contributed by atoms with E-state index < -0.39 is 0 Å². The first kappa shape index (κ1) is 19.5. The van der Waals surface area contributed by atoms with E-state index in [0.717, 1.165) is 37.7 Å². The average Bonchev–Trinajstić information content (AvgIpc) is 2.74. The molecule has 0 spiro atoms. The van der Waals surface area contributed by atoms with Crippen molar-refractivity contribution < 1.29 is 4.79 Å². The second kappa shape index (κ2) is 9.12. The first-order valence-corrected chi connectivity index (χ1v) is 10.8. The van der Waals surface area contributed by atoms with Crippen molar-refractivity contribution >= 4 is 57.0 Å². The fourth-order valence-electron chi connectivity index (χ4n) is 3.26. The van der Waals surface area contributed by atoms with Gasteiger partial charge in [0.2, 0.25) is 5.91 Å². The lowest BCUT2D eigenvalue weighted by atomic mass is 9.97. The van der Waals surface area contributed by atoms with Gasteiger partial charge in [0, 0.05) is 16.3 Å². The van der Waals surface area contributed by atoms with Crippen molar-refractivity contribution in [3.63, 3.8) is 0 Å². The zero-order valence-electron chi connectivity index (χ0n) is 15.6. The smallest absolute Gasteiger partial charge is 0.250 e. The second-order valence-corrected chi connectivity index (χ2v) is 8.00. The summed E-state index contributed by atoms with van der Waals surface area (Å²) >= 11 is 7.66. The zero-order chi connectivity index (χ0) is 20.1. The van der Waals surface area contributed by atoms with Crippen molar-refractivity contribution in [2.45, 2.75) is 5.75 Å². The number of benzene rings is 4. The first-order chi connectivity index (χ1) is 14.2. The summed E-state index contributed by atoms with van der Waals surface area (Å²) in [6.45, 7) is 0. The maximum Gasteiger partial charge on any atom is 0.250 e. The molecule has 0 aliphatic carbocycles. The Labute approximate surface area is 178 Å². The van der Waals surface area contributed by atoms with Gasteiger partial charge in [-0.15, -0.1) is 11.8 Å². The second-order valence-electron chi connectivity index (χ2n) is 6.61. The van der Waals surface area contributed by atoms with E-state index in [4.69, 9.17) is 11.6 Å². The molecule has 0 saturated carbocycles. The number of hydrazone groups is 1. The molecule has 0 saturated heterocycles. The molecule has 3 nitrogen and oxygen atoms in total. The molecule has 1 N–H and O–H groups in total. The lowest BCUT2D eigenvalue weighted by molar-refractivity contribution is -0.118. The highest BCUT2D eigenvalue weighted by atomic mass is 35.5. The highest BCUT2D eigenvalue weighted by molar-refractivity contribution is 7.99. The van der Waals surface area contributed by atoms with Crippen molar-refractivity contribution in [3.05, 3.63) is 95.0 Å². The number of carbonyl (C=O) groups excluding carboxylic acids is 1. The monoisotopic (exact) mass is 418 g/mol. The van der Waals surface area contributed by atoms with Crippen molar-refractivity contribution in [2.24, 2.45) is 5.10 Å². The van der Waals surface area contributed by atoms with E-state index in [1.807, 2.05) is 48.5 Å². The minimum absolute atomic E-state index is 0.136. The molecular weight excluding hydrogens is 400 g/mol. The van der Waals surface area contributed by atoms with Crippen LogP contribution < -0.4 is 5.43 Å². The highest BCUT2D eigenvalue weighted by Gasteiger charge is 2.06. The van der Waals surface area contributed by atoms with Crippen LogP contribution >= 0.6 is 23.4 Å². The Hall–Kier alpha value is -2.82. The Bertz CT molecular complexity index is 1150. The molecule has 0 radical (unpaired) electrons. The SMILES string of the molecule is O=C(CSCc1ccccc1Cl)N/N=C\c1c2ccccc2cc2ccccc12. The molecule has 0 aliphatic heterocycles. The third-order valence-corrected chi connectivity index (χ3v) is 5.99. The van der Waals surface area contributed by atoms with Crippen LogP contribution in [0.1, 0.15) is 11.1 Å². The van der Waals surface area contributed by atoms with E-state index in [9.17, 15) is 4.79 Å². The maximum atomic E-state index is 12.2. The van der Waals surface area contributed by atoms with Crippen LogP contribution in [0.5, 0.6) is 0 Å². The van der Waals surface area contributed by atoms with Crippen LogP contribution in [-0.2, 0) is 10.5 Å². The summed E-state index contributed by atoms with van der Waals surface area (Å²) in [5, 5.41) is 9.46. The van der Waals surface area contributed by atoms with E-state index in [2.05, 4.69) is 40.9 Å². The van der Waals surface area contributed by atoms with Crippen molar-refractivity contribution in [1.82, 2.24) is 5.43 Å². The van der Waals surface area contributed by atoms with E-state index in [-0.39, 0.29) is 5.91 Å². The summed E-state index contributed by atoms with van der Waals surface area (Å²) in [7, 11) is 0. The maximum absolute atomic E-state index is 12.2. The summed E-state index contributed by atoms with van der Waals surface area (Å²) in [5.41, 5.74) is 4.67. The Morgan fingerprint density at radius 2 is 1.55 bits per heavy atom. The molecule has 4 rings (SSSR count). The molecule has 1 amide bonds. The molecule has 5 heteroatoms. The van der Waals surface area contributed by atoms with Gasteiger partial charge in [-0.2, -0.15) is 5.10 Å². The summed E-state index contributed by atoms with van der Waals surface area (Å²) < 4.78 is 0. The van der Waals surface area contributed by atoms with Gasteiger partial charge in [-0.25, -0.2) is 5.43 Å². The molecule has 0 aliphatic rings. The molecule has 0 aromatic heterocycles. The summed E-state index contributed by atoms with van der Waals surface area (Å²) in [6, 6.07) is 26.2. The Morgan fingerprint density at radius 3 is 2.24 bits per heavy atom. The average molecular weight is 419 g/mol. The van der Waals surface area contributed by atoms with Gasteiger partial charge < -0.3 is 0 Å². The van der Waals surface area contributed by atoms with Gasteiger partial charge in [0.05, 0.1) is 12.0 Å². The Morgan fingerprint density at radius 1 is 0.931 bits per heavy atom. The number of nitrogens with zero attached hydrogens (tertiary/aromatic N) is 1. The summed E-state index contributed by atoms with van der Waals surface area (Å²) in [4.78, 5) is 12.2. The topological polar surface area (TPSA) is 41.5 Å². The fraction of sp³-hybridized carbons (Fsp3) is 0.0833. The van der Waals surface area contributed by atoms with Crippen molar-refractivity contribution in [1.29, 1.82) is 0 Å². The van der Waals surface area contributed by atoms with Gasteiger partial charge in [0.15, 0.2) is 0 Å². The zero-order valence-corrected chi connectivity index (χ0v) is 17.2. The minimum atomic E-state index is -0.136. The van der Waals surface area contributed by atoms with E-state index in [0.29, 0.717) is 11.5 Å². The predicted octanol–water partition coefficient (Wildman–Crippen LogP) is 6.03. The molecule has 29 heavy (non-hydrogen) atoms. The van der Waals surface area contributed by atoms with E-state index in [1.165, 1.54) is 11.8 Å². The van der Waals surface area contributed by atoms with Gasteiger partial charge in [0.25, 0.3) is 0 Å². The number of carbonyl (C=O) groups is 1. The van der Waals surface area contributed by atoms with Crippen LogP contribution in [0.2, 0.25) is 5.02 Å². The van der Waals surface area contributed by atoms with Gasteiger partial charge >= 0.3 is 0 Å². The number of halogens is 1. The fourth-order valence-corrected chi connectivity index (χ4v) is 4.36. The quantitative estimate of drug-likeness (QED) is 0.236. The molecule has 0 fully saturated rings. The van der Waals surface area contributed by atoms with Crippen LogP contribution in [0.25, 0.3) is 21.5 Å². The number of rotatable bonds is 6. The predicted molar refractivity (Wildman–Crippen MR) is 125 cm³/mol. The Balaban J connectivity index is 1.45. The van der Waals surface area contributed by atoms with Crippen LogP contribution in [0.3, 0.4) is 0 Å². The molecule has 144 valence electrons. The summed E-state index contributed by atoms with van der Waals surface area (Å²) in [5.74, 6) is 0.867. The normalized spacial score (nSPS) is 11.3. The Kier molecular flexibility index (Phi) is 6.13. The van der Waals surface area contributed by atoms with Crippen molar-refractivity contribution in [3.8, 4) is 0 Å². The number of hydrogen-bond acceptors (Lipinski definition) is 3. The van der Waals surface area contributed by atoms with Crippen LogP contribution in [-0.4, -0.2) is 17.9 Å². The largest absolute Gasteiger partial charge is 0.272 e. The van der Waals surface area contributed by atoms with E-state index >= 15 is 0 Å². The third-order valence-electron chi connectivity index (χ3n) is 4.64. The molecular formula is C24H19ClN2OS. The third kappa shape index (κ3) is 4.61. The number of nitrogens with one attached hydrogen (secondary N) is 1. The number of thioether (sulfide) groups is 1.